The summed E-state index contributed by atoms with van der Waals surface area (Å²) >= 11 is 3.79. The van der Waals surface area contributed by atoms with Gasteiger partial charge in [0.2, 0.25) is 0 Å². The van der Waals surface area contributed by atoms with Crippen LogP contribution < -0.4 is 5.32 Å². The summed E-state index contributed by atoms with van der Waals surface area (Å²) in [5.74, 6) is 3.16. The molecule has 2 fully saturated rings. The average Bonchev–Trinajstić information content (AvgIpc) is 3.27. The highest BCUT2D eigenvalue weighted by Crippen LogP contribution is 2.38. The first kappa shape index (κ1) is 21.3. The smallest absolute Gasteiger partial charge is 0.0999 e. The lowest BCUT2D eigenvalue weighted by Crippen LogP contribution is -2.53. The molecule has 29 heavy (non-hydrogen) atoms. The number of ether oxygens (including phenoxy) is 1. The van der Waals surface area contributed by atoms with Gasteiger partial charge < -0.3 is 4.74 Å². The third-order valence-corrected chi connectivity index (χ3v) is 7.94. The van der Waals surface area contributed by atoms with Crippen molar-refractivity contribution in [1.29, 1.82) is 0 Å². The van der Waals surface area contributed by atoms with Crippen LogP contribution in [0.1, 0.15) is 53.9 Å². The zero-order valence-electron chi connectivity index (χ0n) is 17.5. The van der Waals surface area contributed by atoms with Crippen LogP contribution >= 0.6 is 23.1 Å². The number of thiazole rings is 1. The van der Waals surface area contributed by atoms with Crippen molar-refractivity contribution in [2.24, 2.45) is 0 Å². The Morgan fingerprint density at radius 2 is 2.00 bits per heavy atom. The van der Waals surface area contributed by atoms with Crippen molar-refractivity contribution in [1.82, 2.24) is 15.2 Å². The number of aryl methyl sites for hydroxylation is 1. The quantitative estimate of drug-likeness (QED) is 0.649. The van der Waals surface area contributed by atoms with Crippen LogP contribution in [-0.2, 0) is 16.9 Å². The van der Waals surface area contributed by atoms with Crippen molar-refractivity contribution < 1.29 is 4.74 Å². The number of thioether (sulfide) groups is 1. The first-order chi connectivity index (χ1) is 14.3. The zero-order chi connectivity index (χ0) is 20.1. The molecule has 0 N–H and O–H groups in total. The SMILES string of the molecule is CCSCc1csc(C2CC(c3ccc(CC)cc3)CN(C3COCC[N]3)C2)n1. The molecule has 4 nitrogen and oxygen atoms in total. The highest BCUT2D eigenvalue weighted by Gasteiger charge is 2.35. The second-order valence-corrected chi connectivity index (χ2v) is 10.1. The largest absolute Gasteiger partial charge is 0.377 e. The van der Waals surface area contributed by atoms with Gasteiger partial charge in [0.25, 0.3) is 0 Å². The Kier molecular flexibility index (Phi) is 7.65. The van der Waals surface area contributed by atoms with E-state index in [-0.39, 0.29) is 6.17 Å². The molecular weight excluding hydrogens is 398 g/mol. The molecule has 4 rings (SSSR count). The molecule has 2 aliphatic rings. The standard InChI is InChI=1S/C23H32N3OS2/c1-3-17-5-7-18(8-6-17)19-11-20(23-25-21(16-29-23)15-28-4-2)13-26(12-19)22-14-27-10-9-24-22/h5-8,16,19-20,22H,3-4,9-15H2,1-2H3. The van der Waals surface area contributed by atoms with Crippen molar-refractivity contribution >= 4 is 23.1 Å². The van der Waals surface area contributed by atoms with E-state index in [2.05, 4.69) is 48.4 Å². The van der Waals surface area contributed by atoms with Crippen LogP contribution in [0.3, 0.4) is 0 Å². The summed E-state index contributed by atoms with van der Waals surface area (Å²) in [5.41, 5.74) is 4.10. The summed E-state index contributed by atoms with van der Waals surface area (Å²) in [4.78, 5) is 7.56. The number of aromatic nitrogens is 1. The summed E-state index contributed by atoms with van der Waals surface area (Å²) in [6.07, 6.45) is 2.46. The summed E-state index contributed by atoms with van der Waals surface area (Å²) in [5, 5.41) is 8.42. The number of hydrogen-bond acceptors (Lipinski definition) is 5. The predicted molar refractivity (Wildman–Crippen MR) is 123 cm³/mol. The Balaban J connectivity index is 1.53. The molecule has 2 aromatic rings. The van der Waals surface area contributed by atoms with E-state index in [1.807, 2.05) is 23.1 Å². The van der Waals surface area contributed by atoms with Crippen LogP contribution in [0.4, 0.5) is 0 Å². The molecule has 6 heteroatoms. The van der Waals surface area contributed by atoms with Crippen LogP contribution in [0.15, 0.2) is 29.6 Å². The number of likely N-dealkylation sites (tertiary alicyclic amines) is 1. The second kappa shape index (κ2) is 10.4. The van der Waals surface area contributed by atoms with Gasteiger partial charge in [-0.15, -0.1) is 11.3 Å². The average molecular weight is 431 g/mol. The molecule has 0 bridgehead atoms. The normalized spacial score (nSPS) is 25.9. The van der Waals surface area contributed by atoms with Gasteiger partial charge >= 0.3 is 0 Å². The van der Waals surface area contributed by atoms with Crippen LogP contribution in [0.25, 0.3) is 0 Å². The monoisotopic (exact) mass is 430 g/mol. The van der Waals surface area contributed by atoms with Gasteiger partial charge in [0, 0.05) is 36.7 Å². The van der Waals surface area contributed by atoms with E-state index in [0.717, 1.165) is 50.8 Å². The Hall–Kier alpha value is -0.920. The lowest BCUT2D eigenvalue weighted by atomic mass is 9.84. The van der Waals surface area contributed by atoms with Crippen molar-refractivity contribution in [3.05, 3.63) is 51.5 Å². The number of benzene rings is 1. The van der Waals surface area contributed by atoms with Crippen molar-refractivity contribution in [3.63, 3.8) is 0 Å². The molecule has 3 unspecified atom stereocenters. The minimum absolute atomic E-state index is 0.194. The van der Waals surface area contributed by atoms with Gasteiger partial charge in [-0.3, -0.25) is 4.90 Å². The maximum atomic E-state index is 5.74. The van der Waals surface area contributed by atoms with Crippen molar-refractivity contribution in [3.8, 4) is 0 Å². The fourth-order valence-corrected chi connectivity index (χ4v) is 5.93. The summed E-state index contributed by atoms with van der Waals surface area (Å²) in [6.45, 7) is 8.83. The third-order valence-electron chi connectivity index (χ3n) is 5.97. The Morgan fingerprint density at radius 3 is 2.72 bits per heavy atom. The van der Waals surface area contributed by atoms with E-state index < -0.39 is 0 Å². The van der Waals surface area contributed by atoms with Gasteiger partial charge in [-0.2, -0.15) is 11.8 Å². The Labute approximate surface area is 183 Å². The molecule has 1 aromatic carbocycles. The van der Waals surface area contributed by atoms with Gasteiger partial charge in [-0.05, 0) is 35.6 Å². The van der Waals surface area contributed by atoms with E-state index in [1.165, 1.54) is 28.2 Å². The third kappa shape index (κ3) is 5.42. The molecule has 0 saturated carbocycles. The summed E-state index contributed by atoms with van der Waals surface area (Å²) in [7, 11) is 0. The fraction of sp³-hybridized carbons (Fsp3) is 0.609. The van der Waals surface area contributed by atoms with Crippen LogP contribution in [0.2, 0.25) is 0 Å². The predicted octanol–water partition coefficient (Wildman–Crippen LogP) is 4.49. The van der Waals surface area contributed by atoms with Gasteiger partial charge in [0.1, 0.15) is 0 Å². The van der Waals surface area contributed by atoms with E-state index in [1.54, 1.807) is 0 Å². The lowest BCUT2D eigenvalue weighted by molar-refractivity contribution is -0.00749. The molecule has 2 saturated heterocycles. The van der Waals surface area contributed by atoms with Crippen LogP contribution in [0.5, 0.6) is 0 Å². The first-order valence-electron chi connectivity index (χ1n) is 10.9. The highest BCUT2D eigenvalue weighted by molar-refractivity contribution is 7.98. The van der Waals surface area contributed by atoms with Crippen LogP contribution in [-0.4, -0.2) is 54.7 Å². The molecule has 1 radical (unpaired) electrons. The number of piperidine rings is 1. The Morgan fingerprint density at radius 1 is 1.17 bits per heavy atom. The topological polar surface area (TPSA) is 39.5 Å². The number of rotatable bonds is 7. The van der Waals surface area contributed by atoms with E-state index in [4.69, 9.17) is 15.0 Å². The van der Waals surface area contributed by atoms with Gasteiger partial charge in [0.15, 0.2) is 0 Å². The molecular formula is C23H32N3OS2. The van der Waals surface area contributed by atoms with Gasteiger partial charge in [-0.25, -0.2) is 10.3 Å². The van der Waals surface area contributed by atoms with Gasteiger partial charge in [0.05, 0.1) is 30.1 Å². The maximum absolute atomic E-state index is 5.74. The fourth-order valence-electron chi connectivity index (χ4n) is 4.33. The molecule has 3 heterocycles. The van der Waals surface area contributed by atoms with E-state index >= 15 is 0 Å². The summed E-state index contributed by atoms with van der Waals surface area (Å²) < 4.78 is 5.74. The number of hydrogen-bond donors (Lipinski definition) is 0. The maximum Gasteiger partial charge on any atom is 0.0999 e. The lowest BCUT2D eigenvalue weighted by Gasteiger charge is -2.42. The second-order valence-electron chi connectivity index (χ2n) is 7.95. The summed E-state index contributed by atoms with van der Waals surface area (Å²) in [6, 6.07) is 9.26. The minimum atomic E-state index is 0.194. The molecule has 0 spiro atoms. The Bertz CT molecular complexity index is 758. The molecule has 157 valence electrons. The zero-order valence-corrected chi connectivity index (χ0v) is 19.2. The van der Waals surface area contributed by atoms with Crippen molar-refractivity contribution in [2.75, 3.05) is 38.6 Å². The molecule has 0 amide bonds. The molecule has 1 aromatic heterocycles. The number of nitrogens with zero attached hydrogens (tertiary/aromatic N) is 3. The molecule has 0 aliphatic carbocycles. The van der Waals surface area contributed by atoms with Crippen LogP contribution in [0, 0.1) is 0 Å². The highest BCUT2D eigenvalue weighted by atomic mass is 32.2. The molecule has 2 aliphatic heterocycles. The van der Waals surface area contributed by atoms with E-state index in [9.17, 15) is 0 Å². The number of morpholine rings is 1. The van der Waals surface area contributed by atoms with Gasteiger partial charge in [-0.1, -0.05) is 38.1 Å². The molecule has 3 atom stereocenters. The van der Waals surface area contributed by atoms with E-state index in [0.29, 0.717) is 11.8 Å². The first-order valence-corrected chi connectivity index (χ1v) is 12.9. The van der Waals surface area contributed by atoms with Crippen molar-refractivity contribution in [2.45, 2.75) is 50.4 Å². The minimum Gasteiger partial charge on any atom is -0.377 e.